The Morgan fingerprint density at radius 1 is 1.35 bits per heavy atom. The Balaban J connectivity index is 2.14. The molecule has 92 valence electrons. The summed E-state index contributed by atoms with van der Waals surface area (Å²) in [5.41, 5.74) is 6.92. The van der Waals surface area contributed by atoms with Crippen LogP contribution in [0.3, 0.4) is 0 Å². The Morgan fingerprint density at radius 2 is 2.12 bits per heavy atom. The van der Waals surface area contributed by atoms with Crippen LogP contribution in [0.5, 0.6) is 0 Å². The van der Waals surface area contributed by atoms with Crippen LogP contribution in [0, 0.1) is 0 Å². The molecule has 0 bridgehead atoms. The van der Waals surface area contributed by atoms with E-state index in [9.17, 15) is 4.79 Å². The predicted molar refractivity (Wildman–Crippen MR) is 67.4 cm³/mol. The molecule has 3 N–H and O–H groups in total. The van der Waals surface area contributed by atoms with Crippen LogP contribution in [0.15, 0.2) is 30.3 Å². The Morgan fingerprint density at radius 3 is 2.76 bits per heavy atom. The fourth-order valence-corrected chi connectivity index (χ4v) is 2.32. The molecule has 0 aromatic heterocycles. The number of carbonyl (C=O) groups excluding carboxylic acids is 1. The Hall–Kier alpha value is -1.39. The molecule has 1 aromatic carbocycles. The molecule has 0 aliphatic carbocycles. The summed E-state index contributed by atoms with van der Waals surface area (Å²) in [7, 11) is 0. The number of nitrogens with one attached hydrogen (secondary N) is 1. The van der Waals surface area contributed by atoms with Crippen molar-refractivity contribution >= 4 is 5.91 Å². The second-order valence-electron chi connectivity index (χ2n) is 4.32. The number of benzene rings is 1. The molecule has 4 nitrogen and oxygen atoms in total. The minimum Gasteiger partial charge on any atom is -0.354 e. The largest absolute Gasteiger partial charge is 0.354 e. The standard InChI is InChI=1S/C13H19N3O/c14-7-6-12(11-4-2-1-3-5-11)16-9-8-15-13(17)10-16/h1-5,12H,6-10,14H2,(H,15,17). The first-order chi connectivity index (χ1) is 8.31. The van der Waals surface area contributed by atoms with Gasteiger partial charge in [-0.15, -0.1) is 0 Å². The molecule has 1 heterocycles. The first kappa shape index (κ1) is 12.1. The van der Waals surface area contributed by atoms with Gasteiger partial charge in [0, 0.05) is 19.1 Å². The van der Waals surface area contributed by atoms with Crippen molar-refractivity contribution in [2.24, 2.45) is 5.73 Å². The van der Waals surface area contributed by atoms with Crippen LogP contribution >= 0.6 is 0 Å². The van der Waals surface area contributed by atoms with Crippen LogP contribution in [0.4, 0.5) is 0 Å². The number of carbonyl (C=O) groups is 1. The molecule has 1 unspecified atom stereocenters. The molecular formula is C13H19N3O. The molecule has 0 spiro atoms. The van der Waals surface area contributed by atoms with Gasteiger partial charge in [0.1, 0.15) is 0 Å². The maximum Gasteiger partial charge on any atom is 0.234 e. The van der Waals surface area contributed by atoms with Crippen molar-refractivity contribution < 1.29 is 4.79 Å². The van der Waals surface area contributed by atoms with E-state index in [1.807, 2.05) is 18.2 Å². The summed E-state index contributed by atoms with van der Waals surface area (Å²) in [6.07, 6.45) is 0.886. The smallest absolute Gasteiger partial charge is 0.234 e. The number of nitrogens with two attached hydrogens (primary N) is 1. The van der Waals surface area contributed by atoms with Gasteiger partial charge < -0.3 is 11.1 Å². The van der Waals surface area contributed by atoms with Crippen LogP contribution in [0.25, 0.3) is 0 Å². The predicted octanol–water partition coefficient (Wildman–Crippen LogP) is 0.508. The first-order valence-electron chi connectivity index (χ1n) is 6.07. The summed E-state index contributed by atoms with van der Waals surface area (Å²) in [5.74, 6) is 0.106. The lowest BCUT2D eigenvalue weighted by atomic mass is 10.0. The van der Waals surface area contributed by atoms with Gasteiger partial charge in [-0.2, -0.15) is 0 Å². The van der Waals surface area contributed by atoms with Crippen molar-refractivity contribution in [2.75, 3.05) is 26.2 Å². The van der Waals surface area contributed by atoms with Crippen LogP contribution in [0.2, 0.25) is 0 Å². The van der Waals surface area contributed by atoms with E-state index in [1.54, 1.807) is 0 Å². The highest BCUT2D eigenvalue weighted by Gasteiger charge is 2.24. The number of hydrogen-bond acceptors (Lipinski definition) is 3. The maximum absolute atomic E-state index is 11.4. The van der Waals surface area contributed by atoms with Crippen molar-refractivity contribution in [3.8, 4) is 0 Å². The molecule has 2 rings (SSSR count). The summed E-state index contributed by atoms with van der Waals surface area (Å²) in [4.78, 5) is 13.6. The van der Waals surface area contributed by atoms with Crippen molar-refractivity contribution in [1.82, 2.24) is 10.2 Å². The zero-order valence-corrected chi connectivity index (χ0v) is 9.93. The molecule has 0 saturated carbocycles. The lowest BCUT2D eigenvalue weighted by Crippen LogP contribution is -2.49. The fourth-order valence-electron chi connectivity index (χ4n) is 2.32. The van der Waals surface area contributed by atoms with E-state index in [2.05, 4.69) is 22.3 Å². The second-order valence-corrected chi connectivity index (χ2v) is 4.32. The molecule has 4 heteroatoms. The van der Waals surface area contributed by atoms with E-state index in [4.69, 9.17) is 5.73 Å². The molecule has 1 saturated heterocycles. The third kappa shape index (κ3) is 3.05. The quantitative estimate of drug-likeness (QED) is 0.796. The van der Waals surface area contributed by atoms with Gasteiger partial charge in [0.2, 0.25) is 5.91 Å². The average Bonchev–Trinajstić information content (AvgIpc) is 2.37. The van der Waals surface area contributed by atoms with Crippen LogP contribution < -0.4 is 11.1 Å². The summed E-state index contributed by atoms with van der Waals surface area (Å²) in [6.45, 7) is 2.73. The summed E-state index contributed by atoms with van der Waals surface area (Å²) in [6, 6.07) is 10.5. The zero-order chi connectivity index (χ0) is 12.1. The minimum absolute atomic E-state index is 0.106. The summed E-state index contributed by atoms with van der Waals surface area (Å²) in [5, 5.41) is 2.85. The third-order valence-electron chi connectivity index (χ3n) is 3.13. The van der Waals surface area contributed by atoms with Gasteiger partial charge in [-0.25, -0.2) is 0 Å². The number of rotatable bonds is 4. The summed E-state index contributed by atoms with van der Waals surface area (Å²) >= 11 is 0. The van der Waals surface area contributed by atoms with Gasteiger partial charge in [0.25, 0.3) is 0 Å². The van der Waals surface area contributed by atoms with Gasteiger partial charge >= 0.3 is 0 Å². The van der Waals surface area contributed by atoms with E-state index in [0.29, 0.717) is 13.1 Å². The van der Waals surface area contributed by atoms with E-state index >= 15 is 0 Å². The van der Waals surface area contributed by atoms with Crippen LogP contribution in [0.1, 0.15) is 18.0 Å². The average molecular weight is 233 g/mol. The highest BCUT2D eigenvalue weighted by molar-refractivity contribution is 5.78. The highest BCUT2D eigenvalue weighted by atomic mass is 16.2. The van der Waals surface area contributed by atoms with Crippen molar-refractivity contribution in [3.05, 3.63) is 35.9 Å². The Labute approximate surface area is 102 Å². The number of nitrogens with zero attached hydrogens (tertiary/aromatic N) is 1. The first-order valence-corrected chi connectivity index (χ1v) is 6.07. The van der Waals surface area contributed by atoms with E-state index in [0.717, 1.165) is 19.5 Å². The van der Waals surface area contributed by atoms with E-state index in [-0.39, 0.29) is 11.9 Å². The molecule has 1 atom stereocenters. The number of amides is 1. The lowest BCUT2D eigenvalue weighted by molar-refractivity contribution is -0.125. The minimum atomic E-state index is 0.106. The van der Waals surface area contributed by atoms with Gasteiger partial charge in [-0.1, -0.05) is 30.3 Å². The Kier molecular flexibility index (Phi) is 4.12. The maximum atomic E-state index is 11.4. The topological polar surface area (TPSA) is 58.4 Å². The molecule has 1 amide bonds. The lowest BCUT2D eigenvalue weighted by Gasteiger charge is -2.34. The van der Waals surface area contributed by atoms with Gasteiger partial charge in [0.15, 0.2) is 0 Å². The number of hydrogen-bond donors (Lipinski definition) is 2. The van der Waals surface area contributed by atoms with E-state index in [1.165, 1.54) is 5.56 Å². The highest BCUT2D eigenvalue weighted by Crippen LogP contribution is 2.23. The van der Waals surface area contributed by atoms with Gasteiger partial charge in [0.05, 0.1) is 6.54 Å². The van der Waals surface area contributed by atoms with Gasteiger partial charge in [-0.3, -0.25) is 9.69 Å². The number of piperazine rings is 1. The van der Waals surface area contributed by atoms with Crippen LogP contribution in [-0.2, 0) is 4.79 Å². The second kappa shape index (κ2) is 5.80. The third-order valence-corrected chi connectivity index (χ3v) is 3.13. The molecule has 1 aromatic rings. The molecule has 17 heavy (non-hydrogen) atoms. The van der Waals surface area contributed by atoms with E-state index < -0.39 is 0 Å². The Bertz CT molecular complexity index is 366. The van der Waals surface area contributed by atoms with Crippen LogP contribution in [-0.4, -0.2) is 37.0 Å². The molecule has 1 aliphatic rings. The van der Waals surface area contributed by atoms with Gasteiger partial charge in [-0.05, 0) is 18.5 Å². The summed E-state index contributed by atoms with van der Waals surface area (Å²) < 4.78 is 0. The fraction of sp³-hybridized carbons (Fsp3) is 0.462. The normalized spacial score (nSPS) is 18.8. The van der Waals surface area contributed by atoms with Crippen molar-refractivity contribution in [1.29, 1.82) is 0 Å². The monoisotopic (exact) mass is 233 g/mol. The molecule has 1 fully saturated rings. The molecule has 1 aliphatic heterocycles. The van der Waals surface area contributed by atoms with Crippen molar-refractivity contribution in [2.45, 2.75) is 12.5 Å². The molecule has 0 radical (unpaired) electrons. The van der Waals surface area contributed by atoms with Crippen molar-refractivity contribution in [3.63, 3.8) is 0 Å². The SMILES string of the molecule is NCCC(c1ccccc1)N1CCNC(=O)C1. The zero-order valence-electron chi connectivity index (χ0n) is 9.93. The molecular weight excluding hydrogens is 214 g/mol.